The number of carbonyl (C=O) groups is 1. The number of hydrogen-bond donors (Lipinski definition) is 1. The van der Waals surface area contributed by atoms with Gasteiger partial charge in [0, 0.05) is 17.8 Å². The molecule has 16 heavy (non-hydrogen) atoms. The fourth-order valence-electron chi connectivity index (χ4n) is 1.72. The van der Waals surface area contributed by atoms with E-state index in [0.29, 0.717) is 18.7 Å². The highest BCUT2D eigenvalue weighted by molar-refractivity contribution is 5.94. The van der Waals surface area contributed by atoms with Crippen molar-refractivity contribution in [1.82, 2.24) is 15.1 Å². The Morgan fingerprint density at radius 2 is 2.31 bits per heavy atom. The third-order valence-electron chi connectivity index (χ3n) is 2.85. The van der Waals surface area contributed by atoms with Gasteiger partial charge in [-0.1, -0.05) is 0 Å². The highest BCUT2D eigenvalue weighted by atomic mass is 19.1. The van der Waals surface area contributed by atoms with E-state index in [2.05, 4.69) is 10.2 Å². The van der Waals surface area contributed by atoms with Gasteiger partial charge in [-0.25, -0.2) is 4.39 Å². The van der Waals surface area contributed by atoms with Crippen molar-refractivity contribution in [2.24, 2.45) is 0 Å². The molecule has 0 spiro atoms. The summed E-state index contributed by atoms with van der Waals surface area (Å²) in [5.41, 5.74) is 2.10. The number of carbonyl (C=O) groups excluding carboxylic acids is 1. The maximum absolute atomic E-state index is 13.1. The molecule has 0 aliphatic carbocycles. The molecule has 0 fully saturated rings. The third-order valence-corrected chi connectivity index (χ3v) is 2.85. The number of nitrogens with one attached hydrogen (secondary N) is 1. The largest absolute Gasteiger partial charge is 0.330 e. The molecule has 86 valence electrons. The number of rotatable bonds is 1. The highest BCUT2D eigenvalue weighted by Crippen LogP contribution is 2.16. The second-order valence-electron chi connectivity index (χ2n) is 3.99. The molecular formula is C11H14FN3O. The van der Waals surface area contributed by atoms with Crippen molar-refractivity contribution in [3.05, 3.63) is 28.9 Å². The first-order chi connectivity index (χ1) is 7.59. The van der Waals surface area contributed by atoms with E-state index >= 15 is 0 Å². The lowest BCUT2D eigenvalue weighted by molar-refractivity contribution is 0.0748. The van der Waals surface area contributed by atoms with Gasteiger partial charge in [0.05, 0.1) is 6.54 Å². The lowest BCUT2D eigenvalue weighted by Gasteiger charge is -2.23. The number of halogens is 1. The van der Waals surface area contributed by atoms with Gasteiger partial charge in [0.2, 0.25) is 0 Å². The Kier molecular flexibility index (Phi) is 2.77. The third kappa shape index (κ3) is 1.85. The van der Waals surface area contributed by atoms with E-state index in [1.807, 2.05) is 13.8 Å². The zero-order valence-electron chi connectivity index (χ0n) is 9.38. The zero-order chi connectivity index (χ0) is 11.7. The standard InChI is InChI=1S/C11H14FN3O/c1-7-8(2)13-14-10(7)11(16)15-5-3-4-9(12)6-15/h4H,3,5-6H2,1-2H3,(H,13,14). The fraction of sp³-hybridized carbons (Fsp3) is 0.455. The van der Waals surface area contributed by atoms with Gasteiger partial charge in [0.1, 0.15) is 5.83 Å². The Bertz CT molecular complexity index is 450. The molecule has 0 bridgehead atoms. The molecule has 5 heteroatoms. The van der Waals surface area contributed by atoms with E-state index in [1.165, 1.54) is 11.0 Å². The van der Waals surface area contributed by atoms with E-state index in [-0.39, 0.29) is 18.3 Å². The van der Waals surface area contributed by atoms with Crippen LogP contribution in [0.5, 0.6) is 0 Å². The average molecular weight is 223 g/mol. The minimum absolute atomic E-state index is 0.0597. The number of aromatic nitrogens is 2. The molecule has 4 nitrogen and oxygen atoms in total. The van der Waals surface area contributed by atoms with Crippen molar-refractivity contribution in [3.63, 3.8) is 0 Å². The molecule has 1 N–H and O–H groups in total. The summed E-state index contributed by atoms with van der Waals surface area (Å²) < 4.78 is 13.1. The number of aryl methyl sites for hydroxylation is 1. The van der Waals surface area contributed by atoms with Gasteiger partial charge >= 0.3 is 0 Å². The van der Waals surface area contributed by atoms with Gasteiger partial charge < -0.3 is 4.90 Å². The van der Waals surface area contributed by atoms with Crippen LogP contribution in [0.25, 0.3) is 0 Å². The molecule has 0 saturated heterocycles. The maximum Gasteiger partial charge on any atom is 0.275 e. The molecule has 2 heterocycles. The summed E-state index contributed by atoms with van der Waals surface area (Å²) in [6.45, 7) is 4.31. The number of amides is 1. The summed E-state index contributed by atoms with van der Waals surface area (Å²) >= 11 is 0. The van der Waals surface area contributed by atoms with Gasteiger partial charge in [-0.05, 0) is 26.3 Å². The summed E-state index contributed by atoms with van der Waals surface area (Å²) in [5.74, 6) is -0.449. The van der Waals surface area contributed by atoms with Gasteiger partial charge in [0.15, 0.2) is 5.69 Å². The SMILES string of the molecule is Cc1[nH]nc(C(=O)N2CCC=C(F)C2)c1C. The summed E-state index contributed by atoms with van der Waals surface area (Å²) in [7, 11) is 0. The van der Waals surface area contributed by atoms with Crippen LogP contribution in [0.15, 0.2) is 11.9 Å². The second-order valence-corrected chi connectivity index (χ2v) is 3.99. The molecule has 0 atom stereocenters. The van der Waals surface area contributed by atoms with Crippen molar-refractivity contribution in [2.45, 2.75) is 20.3 Å². The van der Waals surface area contributed by atoms with Crippen LogP contribution in [-0.4, -0.2) is 34.1 Å². The van der Waals surface area contributed by atoms with Gasteiger partial charge in [-0.3, -0.25) is 9.89 Å². The lowest BCUT2D eigenvalue weighted by atomic mass is 10.1. The number of nitrogens with zero attached hydrogens (tertiary/aromatic N) is 2. The van der Waals surface area contributed by atoms with E-state index in [9.17, 15) is 9.18 Å². The van der Waals surface area contributed by atoms with E-state index in [0.717, 1.165) is 11.3 Å². The molecule has 1 aromatic rings. The summed E-state index contributed by atoms with van der Waals surface area (Å²) in [4.78, 5) is 13.5. The molecule has 0 radical (unpaired) electrons. The van der Waals surface area contributed by atoms with Crippen molar-refractivity contribution < 1.29 is 9.18 Å². The van der Waals surface area contributed by atoms with Crippen LogP contribution in [0, 0.1) is 13.8 Å². The van der Waals surface area contributed by atoms with Crippen LogP contribution < -0.4 is 0 Å². The first kappa shape index (κ1) is 10.9. The Balaban J connectivity index is 2.20. The summed E-state index contributed by atoms with van der Waals surface area (Å²) in [5, 5.41) is 6.72. The minimum Gasteiger partial charge on any atom is -0.330 e. The fourth-order valence-corrected chi connectivity index (χ4v) is 1.72. The van der Waals surface area contributed by atoms with Crippen molar-refractivity contribution in [1.29, 1.82) is 0 Å². The quantitative estimate of drug-likeness (QED) is 0.788. The van der Waals surface area contributed by atoms with Gasteiger partial charge in [0.25, 0.3) is 5.91 Å². The Morgan fingerprint density at radius 3 is 2.88 bits per heavy atom. The normalized spacial score (nSPS) is 16.2. The number of hydrogen-bond acceptors (Lipinski definition) is 2. The molecule has 0 saturated carbocycles. The van der Waals surface area contributed by atoms with Crippen LogP contribution in [0.2, 0.25) is 0 Å². The second kappa shape index (κ2) is 4.08. The van der Waals surface area contributed by atoms with E-state index in [1.54, 1.807) is 0 Å². The molecule has 0 aromatic carbocycles. The predicted molar refractivity (Wildman–Crippen MR) is 57.8 cm³/mol. The Hall–Kier alpha value is -1.65. The summed E-state index contributed by atoms with van der Waals surface area (Å²) in [6, 6.07) is 0. The first-order valence-corrected chi connectivity index (χ1v) is 5.25. The molecule has 1 aliphatic heterocycles. The minimum atomic E-state index is -0.246. The smallest absolute Gasteiger partial charge is 0.275 e. The monoisotopic (exact) mass is 223 g/mol. The predicted octanol–water partition coefficient (Wildman–Crippen LogP) is 1.73. The molecule has 1 amide bonds. The van der Waals surface area contributed by atoms with Gasteiger partial charge in [-0.2, -0.15) is 5.10 Å². The molecule has 0 unspecified atom stereocenters. The number of aromatic amines is 1. The zero-order valence-corrected chi connectivity index (χ0v) is 9.38. The highest BCUT2D eigenvalue weighted by Gasteiger charge is 2.23. The van der Waals surface area contributed by atoms with Crippen LogP contribution in [0.4, 0.5) is 4.39 Å². The van der Waals surface area contributed by atoms with Crippen LogP contribution in [-0.2, 0) is 0 Å². The summed E-state index contributed by atoms with van der Waals surface area (Å²) in [6.07, 6.45) is 2.09. The molecule has 1 aromatic heterocycles. The first-order valence-electron chi connectivity index (χ1n) is 5.25. The van der Waals surface area contributed by atoms with Crippen molar-refractivity contribution in [2.75, 3.05) is 13.1 Å². The lowest BCUT2D eigenvalue weighted by Crippen LogP contribution is -2.35. The van der Waals surface area contributed by atoms with E-state index < -0.39 is 0 Å². The van der Waals surface area contributed by atoms with E-state index in [4.69, 9.17) is 0 Å². The van der Waals surface area contributed by atoms with Crippen molar-refractivity contribution in [3.8, 4) is 0 Å². The van der Waals surface area contributed by atoms with Gasteiger partial charge in [-0.15, -0.1) is 0 Å². The maximum atomic E-state index is 13.1. The Labute approximate surface area is 93.1 Å². The van der Waals surface area contributed by atoms with Crippen LogP contribution >= 0.6 is 0 Å². The molecule has 1 aliphatic rings. The van der Waals surface area contributed by atoms with Crippen LogP contribution in [0.1, 0.15) is 28.2 Å². The average Bonchev–Trinajstić information content (AvgIpc) is 2.59. The Morgan fingerprint density at radius 1 is 1.56 bits per heavy atom. The molecule has 2 rings (SSSR count). The van der Waals surface area contributed by atoms with Crippen LogP contribution in [0.3, 0.4) is 0 Å². The van der Waals surface area contributed by atoms with Crippen molar-refractivity contribution >= 4 is 5.91 Å². The number of H-pyrrole nitrogens is 1. The molecular weight excluding hydrogens is 209 g/mol. The topological polar surface area (TPSA) is 49.0 Å².